The standard InChI is InChI=1S/C10H20N2OS/c1-14-8-10(13)12-7-9-5-3-2-4-6-11-9/h9,11H,2-8H2,1H3,(H,12,13). The van der Waals surface area contributed by atoms with Gasteiger partial charge in [-0.2, -0.15) is 11.8 Å². The van der Waals surface area contributed by atoms with Gasteiger partial charge in [-0.1, -0.05) is 12.8 Å². The summed E-state index contributed by atoms with van der Waals surface area (Å²) in [7, 11) is 0. The van der Waals surface area contributed by atoms with Crippen LogP contribution in [0.5, 0.6) is 0 Å². The molecule has 82 valence electrons. The van der Waals surface area contributed by atoms with Crippen LogP contribution in [0.1, 0.15) is 25.7 Å². The minimum atomic E-state index is 0.156. The molecule has 14 heavy (non-hydrogen) atoms. The number of thioether (sulfide) groups is 1. The molecule has 1 rings (SSSR count). The van der Waals surface area contributed by atoms with Gasteiger partial charge in [0.25, 0.3) is 0 Å². The van der Waals surface area contributed by atoms with Gasteiger partial charge in [-0.3, -0.25) is 4.79 Å². The van der Waals surface area contributed by atoms with Gasteiger partial charge in [-0.15, -0.1) is 0 Å². The number of hydrogen-bond donors (Lipinski definition) is 2. The molecule has 0 spiro atoms. The zero-order valence-corrected chi connectivity index (χ0v) is 9.66. The number of rotatable bonds is 4. The molecule has 1 heterocycles. The van der Waals surface area contributed by atoms with Crippen molar-refractivity contribution in [1.29, 1.82) is 0 Å². The van der Waals surface area contributed by atoms with Crippen LogP contribution in [-0.2, 0) is 4.79 Å². The third-order valence-corrected chi connectivity index (χ3v) is 3.03. The van der Waals surface area contributed by atoms with Gasteiger partial charge in [0.1, 0.15) is 0 Å². The van der Waals surface area contributed by atoms with E-state index in [1.807, 2.05) is 6.26 Å². The number of carbonyl (C=O) groups is 1. The molecule has 1 saturated heterocycles. The van der Waals surface area contributed by atoms with Crippen LogP contribution in [0.15, 0.2) is 0 Å². The van der Waals surface area contributed by atoms with E-state index >= 15 is 0 Å². The van der Waals surface area contributed by atoms with Crippen molar-refractivity contribution in [2.24, 2.45) is 0 Å². The van der Waals surface area contributed by atoms with Gasteiger partial charge in [0.2, 0.25) is 5.91 Å². The van der Waals surface area contributed by atoms with Crippen LogP contribution in [0.2, 0.25) is 0 Å². The topological polar surface area (TPSA) is 41.1 Å². The van der Waals surface area contributed by atoms with Gasteiger partial charge in [-0.25, -0.2) is 0 Å². The van der Waals surface area contributed by atoms with Crippen molar-refractivity contribution in [3.05, 3.63) is 0 Å². The number of amides is 1. The molecule has 0 aromatic carbocycles. The maximum Gasteiger partial charge on any atom is 0.230 e. The molecule has 1 atom stereocenters. The average molecular weight is 216 g/mol. The summed E-state index contributed by atoms with van der Waals surface area (Å²) in [6.45, 7) is 1.89. The van der Waals surface area contributed by atoms with E-state index in [2.05, 4.69) is 10.6 Å². The number of hydrogen-bond acceptors (Lipinski definition) is 3. The summed E-state index contributed by atoms with van der Waals surface area (Å²) in [5.74, 6) is 0.732. The zero-order valence-electron chi connectivity index (χ0n) is 8.84. The molecule has 0 bridgehead atoms. The lowest BCUT2D eigenvalue weighted by molar-refractivity contribution is -0.118. The summed E-state index contributed by atoms with van der Waals surface area (Å²) in [6, 6.07) is 0.489. The van der Waals surface area contributed by atoms with Gasteiger partial charge < -0.3 is 10.6 Å². The third-order valence-electron chi connectivity index (χ3n) is 2.48. The quantitative estimate of drug-likeness (QED) is 0.736. The Morgan fingerprint density at radius 2 is 2.36 bits per heavy atom. The Morgan fingerprint density at radius 3 is 3.14 bits per heavy atom. The van der Waals surface area contributed by atoms with Gasteiger partial charge >= 0.3 is 0 Å². The van der Waals surface area contributed by atoms with Crippen molar-refractivity contribution >= 4 is 17.7 Å². The van der Waals surface area contributed by atoms with Crippen molar-refractivity contribution in [3.63, 3.8) is 0 Å². The maximum absolute atomic E-state index is 11.2. The molecule has 0 aromatic rings. The lowest BCUT2D eigenvalue weighted by Gasteiger charge is -2.16. The highest BCUT2D eigenvalue weighted by Crippen LogP contribution is 2.07. The molecule has 1 fully saturated rings. The summed E-state index contributed by atoms with van der Waals surface area (Å²) in [5.41, 5.74) is 0. The molecule has 0 aliphatic carbocycles. The summed E-state index contributed by atoms with van der Waals surface area (Å²) in [5, 5.41) is 6.42. The highest BCUT2D eigenvalue weighted by molar-refractivity contribution is 7.99. The Kier molecular flexibility index (Phi) is 6.03. The monoisotopic (exact) mass is 216 g/mol. The Labute approximate surface area is 90.4 Å². The number of nitrogens with one attached hydrogen (secondary N) is 2. The summed E-state index contributed by atoms with van der Waals surface area (Å²) >= 11 is 1.57. The predicted molar refractivity (Wildman–Crippen MR) is 61.7 cm³/mol. The van der Waals surface area contributed by atoms with E-state index in [9.17, 15) is 4.79 Å². The van der Waals surface area contributed by atoms with Crippen molar-refractivity contribution in [1.82, 2.24) is 10.6 Å². The lowest BCUT2D eigenvalue weighted by atomic mass is 10.1. The average Bonchev–Trinajstić information content (AvgIpc) is 2.43. The first-order chi connectivity index (χ1) is 6.83. The van der Waals surface area contributed by atoms with Crippen molar-refractivity contribution in [2.75, 3.05) is 25.1 Å². The second kappa shape index (κ2) is 7.12. The molecule has 1 aliphatic heterocycles. The van der Waals surface area contributed by atoms with Crippen LogP contribution in [0.3, 0.4) is 0 Å². The van der Waals surface area contributed by atoms with E-state index in [0.29, 0.717) is 11.8 Å². The van der Waals surface area contributed by atoms with E-state index < -0.39 is 0 Å². The van der Waals surface area contributed by atoms with Crippen LogP contribution in [0.4, 0.5) is 0 Å². The smallest absolute Gasteiger partial charge is 0.230 e. The fraction of sp³-hybridized carbons (Fsp3) is 0.900. The Hall–Kier alpha value is -0.220. The molecule has 4 heteroatoms. The fourth-order valence-electron chi connectivity index (χ4n) is 1.69. The molecule has 1 amide bonds. The van der Waals surface area contributed by atoms with Crippen LogP contribution < -0.4 is 10.6 Å². The highest BCUT2D eigenvalue weighted by Gasteiger charge is 2.11. The highest BCUT2D eigenvalue weighted by atomic mass is 32.2. The molecular formula is C10H20N2OS. The van der Waals surface area contributed by atoms with Crippen LogP contribution in [0, 0.1) is 0 Å². The van der Waals surface area contributed by atoms with Crippen LogP contribution in [0.25, 0.3) is 0 Å². The minimum Gasteiger partial charge on any atom is -0.354 e. The SMILES string of the molecule is CSCC(=O)NCC1CCCCCN1. The van der Waals surface area contributed by atoms with Crippen molar-refractivity contribution < 1.29 is 4.79 Å². The largest absolute Gasteiger partial charge is 0.354 e. The normalized spacial score (nSPS) is 22.8. The van der Waals surface area contributed by atoms with E-state index in [4.69, 9.17) is 0 Å². The first kappa shape index (κ1) is 11.9. The van der Waals surface area contributed by atoms with E-state index in [1.54, 1.807) is 11.8 Å². The van der Waals surface area contributed by atoms with Crippen LogP contribution in [-0.4, -0.2) is 37.0 Å². The van der Waals surface area contributed by atoms with E-state index in [-0.39, 0.29) is 5.91 Å². The second-order valence-electron chi connectivity index (χ2n) is 3.74. The maximum atomic E-state index is 11.2. The van der Waals surface area contributed by atoms with Gasteiger partial charge in [0, 0.05) is 12.6 Å². The Bertz CT molecular complexity index is 168. The molecule has 1 unspecified atom stereocenters. The van der Waals surface area contributed by atoms with Gasteiger partial charge in [-0.05, 0) is 25.6 Å². The van der Waals surface area contributed by atoms with Crippen molar-refractivity contribution in [2.45, 2.75) is 31.7 Å². The molecule has 1 aliphatic rings. The first-order valence-electron chi connectivity index (χ1n) is 5.32. The Balaban J connectivity index is 2.12. The molecular weight excluding hydrogens is 196 g/mol. The molecule has 3 nitrogen and oxygen atoms in total. The Morgan fingerprint density at radius 1 is 1.50 bits per heavy atom. The summed E-state index contributed by atoms with van der Waals surface area (Å²) in [6.07, 6.45) is 7.02. The van der Waals surface area contributed by atoms with Crippen LogP contribution >= 0.6 is 11.8 Å². The molecule has 0 saturated carbocycles. The summed E-state index contributed by atoms with van der Waals surface area (Å²) in [4.78, 5) is 11.2. The molecule has 0 aromatic heterocycles. The zero-order chi connectivity index (χ0) is 10.2. The molecule has 2 N–H and O–H groups in total. The molecule has 0 radical (unpaired) electrons. The van der Waals surface area contributed by atoms with E-state index in [0.717, 1.165) is 13.1 Å². The first-order valence-corrected chi connectivity index (χ1v) is 6.71. The van der Waals surface area contributed by atoms with Gasteiger partial charge in [0.05, 0.1) is 5.75 Å². The second-order valence-corrected chi connectivity index (χ2v) is 4.60. The predicted octanol–water partition coefficient (Wildman–Crippen LogP) is 0.998. The third kappa shape index (κ3) is 4.86. The van der Waals surface area contributed by atoms with Crippen molar-refractivity contribution in [3.8, 4) is 0 Å². The minimum absolute atomic E-state index is 0.156. The fourth-order valence-corrected chi connectivity index (χ4v) is 2.06. The van der Waals surface area contributed by atoms with E-state index in [1.165, 1.54) is 25.7 Å². The van der Waals surface area contributed by atoms with Gasteiger partial charge in [0.15, 0.2) is 0 Å². The summed E-state index contributed by atoms with van der Waals surface area (Å²) < 4.78 is 0. The number of carbonyl (C=O) groups excluding carboxylic acids is 1. The lowest BCUT2D eigenvalue weighted by Crippen LogP contribution is -2.40.